The lowest BCUT2D eigenvalue weighted by atomic mass is 9.81. The zero-order valence-corrected chi connectivity index (χ0v) is 36.0. The number of hydrogen-bond donors (Lipinski definition) is 6. The Morgan fingerprint density at radius 2 is 1.79 bits per heavy atom. The molecule has 6 rings (SSSR count). The van der Waals surface area contributed by atoms with E-state index in [0.29, 0.717) is 66.7 Å². The molecule has 3 aromatic rings. The molecule has 2 unspecified atom stereocenters. The van der Waals surface area contributed by atoms with Crippen LogP contribution < -0.4 is 32.6 Å². The number of halogens is 1. The topological polar surface area (TPSA) is 233 Å². The van der Waals surface area contributed by atoms with Crippen LogP contribution in [0.1, 0.15) is 126 Å². The number of nitrogens with one attached hydrogen (secondary N) is 4. The maximum atomic E-state index is 15.3. The van der Waals surface area contributed by atoms with Gasteiger partial charge in [0.05, 0.1) is 41.1 Å². The number of fused-ring (bicyclic) bond motifs is 5. The van der Waals surface area contributed by atoms with Crippen molar-refractivity contribution in [2.24, 2.45) is 11.7 Å². The van der Waals surface area contributed by atoms with Gasteiger partial charge in [-0.05, 0) is 101 Å². The minimum Gasteiger partial charge on any atom is -0.458 e. The number of pyridine rings is 2. The average Bonchev–Trinajstić information content (AvgIpc) is 3.57. The minimum atomic E-state index is -2.01. The number of ether oxygens (including phenoxy) is 2. The van der Waals surface area contributed by atoms with E-state index in [1.54, 1.807) is 40.7 Å². The first kappa shape index (κ1) is 45.1. The standard InChI is InChI=1S/C44H58FN7O9/c1-8-44(59)27-18-32-37-25(20-52(32)40(56)26(27)21-60-41(44)57)35-29(15-14-24-23(4)28(45)19-31(50-37)34(24)35)49-33(53)13-11-17-47-38(54)30(51-39(55)36(46)22(2)3)12-9-10-16-48-42(58)61-43(5,6)7/h18-19,22,29-30,36,59H,8-17,20-21,46H2,1-7H3,(H,47,54)(H,48,58)(H,49,53)(H,51,55)/t29-,30?,36?,44-/m0/s1. The molecule has 0 saturated carbocycles. The number of aryl methyl sites for hydroxylation is 1. The predicted octanol–water partition coefficient (Wildman–Crippen LogP) is 3.69. The van der Waals surface area contributed by atoms with Crippen molar-refractivity contribution in [2.75, 3.05) is 13.1 Å². The second kappa shape index (κ2) is 17.9. The number of rotatable bonds is 15. The van der Waals surface area contributed by atoms with Gasteiger partial charge < -0.3 is 46.1 Å². The van der Waals surface area contributed by atoms with Crippen LogP contribution in [0, 0.1) is 18.7 Å². The van der Waals surface area contributed by atoms with E-state index < -0.39 is 64.6 Å². The van der Waals surface area contributed by atoms with Gasteiger partial charge in [0.25, 0.3) is 5.56 Å². The first-order valence-electron chi connectivity index (χ1n) is 21.2. The minimum absolute atomic E-state index is 0.0165. The molecule has 16 nitrogen and oxygen atoms in total. The van der Waals surface area contributed by atoms with E-state index in [2.05, 4.69) is 21.3 Å². The number of hydrogen-bond acceptors (Lipinski definition) is 11. The number of aromatic nitrogens is 2. The predicted molar refractivity (Wildman–Crippen MR) is 223 cm³/mol. The molecular weight excluding hydrogens is 790 g/mol. The highest BCUT2D eigenvalue weighted by atomic mass is 19.1. The van der Waals surface area contributed by atoms with Gasteiger partial charge in [-0.3, -0.25) is 19.2 Å². The second-order valence-electron chi connectivity index (χ2n) is 17.6. The number of carbonyl (C=O) groups is 5. The van der Waals surface area contributed by atoms with Crippen LogP contribution in [0.2, 0.25) is 0 Å². The summed E-state index contributed by atoms with van der Waals surface area (Å²) in [5, 5.41) is 23.5. The summed E-state index contributed by atoms with van der Waals surface area (Å²) in [6.07, 6.45) is 2.05. The van der Waals surface area contributed by atoms with Gasteiger partial charge in [-0.25, -0.2) is 19.0 Å². The van der Waals surface area contributed by atoms with Crippen molar-refractivity contribution in [3.8, 4) is 11.4 Å². The number of unbranched alkanes of at least 4 members (excludes halogenated alkanes) is 1. The van der Waals surface area contributed by atoms with E-state index in [4.69, 9.17) is 20.2 Å². The number of aliphatic hydroxyl groups is 1. The number of esters is 1. The normalized spacial score (nSPS) is 18.7. The van der Waals surface area contributed by atoms with Gasteiger partial charge in [-0.2, -0.15) is 0 Å². The van der Waals surface area contributed by atoms with Crippen LogP contribution >= 0.6 is 0 Å². The second-order valence-corrected chi connectivity index (χ2v) is 17.6. The number of carbonyl (C=O) groups excluding carboxylic acids is 5. The third kappa shape index (κ3) is 9.27. The molecule has 0 radical (unpaired) electrons. The number of alkyl carbamates (subject to hydrolysis) is 1. The van der Waals surface area contributed by atoms with E-state index in [0.717, 1.165) is 16.5 Å². The van der Waals surface area contributed by atoms with E-state index in [1.807, 2.05) is 13.8 Å². The molecule has 330 valence electrons. The Kier molecular flexibility index (Phi) is 13.2. The Hall–Kier alpha value is -5.42. The maximum Gasteiger partial charge on any atom is 0.407 e. The van der Waals surface area contributed by atoms with Crippen molar-refractivity contribution in [1.82, 2.24) is 30.8 Å². The number of amides is 4. The van der Waals surface area contributed by atoms with Crippen LogP contribution in [0.4, 0.5) is 9.18 Å². The van der Waals surface area contributed by atoms with E-state index in [9.17, 15) is 33.9 Å². The summed E-state index contributed by atoms with van der Waals surface area (Å²) < 4.78 is 27.3. The fourth-order valence-electron chi connectivity index (χ4n) is 8.37. The van der Waals surface area contributed by atoms with Crippen LogP contribution in [0.5, 0.6) is 0 Å². The molecule has 4 atom stereocenters. The molecule has 2 aliphatic heterocycles. The summed E-state index contributed by atoms with van der Waals surface area (Å²) in [5.41, 5.74) is 7.19. The van der Waals surface area contributed by atoms with Crippen LogP contribution in [-0.4, -0.2) is 75.2 Å². The molecule has 0 bridgehead atoms. The van der Waals surface area contributed by atoms with Crippen molar-refractivity contribution in [3.05, 3.63) is 61.7 Å². The first-order chi connectivity index (χ1) is 28.7. The lowest BCUT2D eigenvalue weighted by Gasteiger charge is -2.31. The van der Waals surface area contributed by atoms with Crippen molar-refractivity contribution < 1.29 is 42.9 Å². The smallest absolute Gasteiger partial charge is 0.407 e. The molecule has 17 heteroatoms. The third-order valence-electron chi connectivity index (χ3n) is 11.8. The molecule has 7 N–H and O–H groups in total. The van der Waals surface area contributed by atoms with E-state index in [1.165, 1.54) is 10.6 Å². The fourth-order valence-corrected chi connectivity index (χ4v) is 8.37. The van der Waals surface area contributed by atoms with Crippen molar-refractivity contribution in [3.63, 3.8) is 0 Å². The Balaban J connectivity index is 1.14. The quantitative estimate of drug-likeness (QED) is 0.0746. The van der Waals surface area contributed by atoms with Gasteiger partial charge in [0.15, 0.2) is 5.60 Å². The summed E-state index contributed by atoms with van der Waals surface area (Å²) in [5.74, 6) is -2.57. The largest absolute Gasteiger partial charge is 0.458 e. The Morgan fingerprint density at radius 3 is 2.48 bits per heavy atom. The summed E-state index contributed by atoms with van der Waals surface area (Å²) >= 11 is 0. The monoisotopic (exact) mass is 847 g/mol. The van der Waals surface area contributed by atoms with Gasteiger partial charge in [0.2, 0.25) is 17.7 Å². The maximum absolute atomic E-state index is 15.3. The highest BCUT2D eigenvalue weighted by Gasteiger charge is 2.46. The van der Waals surface area contributed by atoms with Gasteiger partial charge in [0, 0.05) is 42.1 Å². The van der Waals surface area contributed by atoms with Crippen LogP contribution in [-0.2, 0) is 53.8 Å². The van der Waals surface area contributed by atoms with Crippen LogP contribution in [0.25, 0.3) is 22.3 Å². The summed E-state index contributed by atoms with van der Waals surface area (Å²) in [6.45, 7) is 12.6. The molecule has 1 aliphatic carbocycles. The zero-order valence-electron chi connectivity index (χ0n) is 36.0. The van der Waals surface area contributed by atoms with E-state index in [-0.39, 0.29) is 61.9 Å². The molecule has 0 saturated heterocycles. The SMILES string of the molecule is CC[C@@]1(O)C(=O)OCc2c1cc1n(c2=O)Cc2c-1nc1cc(F)c(C)c3c1c2[C@@H](NC(=O)CCCNC(=O)C(CCCCNC(=O)OC(C)(C)C)NC(=O)C(N)C(C)C)CC3. The molecule has 1 aromatic carbocycles. The number of benzene rings is 1. The zero-order chi connectivity index (χ0) is 44.6. The van der Waals surface area contributed by atoms with Gasteiger partial charge >= 0.3 is 12.1 Å². The van der Waals surface area contributed by atoms with Gasteiger partial charge in [-0.1, -0.05) is 20.8 Å². The summed E-state index contributed by atoms with van der Waals surface area (Å²) in [4.78, 5) is 83.3. The van der Waals surface area contributed by atoms with Crippen LogP contribution in [0.3, 0.4) is 0 Å². The number of nitrogens with two attached hydrogens (primary N) is 1. The first-order valence-corrected chi connectivity index (χ1v) is 21.2. The number of nitrogens with zero attached hydrogens (tertiary/aromatic N) is 2. The lowest BCUT2D eigenvalue weighted by molar-refractivity contribution is -0.172. The highest BCUT2D eigenvalue weighted by Crippen LogP contribution is 2.46. The van der Waals surface area contributed by atoms with Crippen molar-refractivity contribution in [2.45, 2.75) is 142 Å². The van der Waals surface area contributed by atoms with Crippen molar-refractivity contribution in [1.29, 1.82) is 0 Å². The molecule has 3 aliphatic rings. The molecule has 4 heterocycles. The summed E-state index contributed by atoms with van der Waals surface area (Å²) in [6, 6.07) is 0.756. The molecule has 0 fully saturated rings. The fraction of sp³-hybridized carbons (Fsp3) is 0.568. The van der Waals surface area contributed by atoms with Crippen molar-refractivity contribution >= 4 is 40.7 Å². The number of cyclic esters (lactones) is 1. The van der Waals surface area contributed by atoms with Crippen LogP contribution in [0.15, 0.2) is 16.9 Å². The lowest BCUT2D eigenvalue weighted by Crippen LogP contribution is -2.53. The Bertz CT molecular complexity index is 2320. The Morgan fingerprint density at radius 1 is 1.07 bits per heavy atom. The van der Waals surface area contributed by atoms with E-state index >= 15 is 4.39 Å². The Labute approximate surface area is 353 Å². The molecule has 61 heavy (non-hydrogen) atoms. The van der Waals surface area contributed by atoms with Gasteiger partial charge in [0.1, 0.15) is 24.1 Å². The third-order valence-corrected chi connectivity index (χ3v) is 11.8. The molecule has 2 aromatic heterocycles. The summed E-state index contributed by atoms with van der Waals surface area (Å²) in [7, 11) is 0. The molecular formula is C44H58FN7O9. The van der Waals surface area contributed by atoms with Gasteiger partial charge in [-0.15, -0.1) is 0 Å². The molecule has 0 spiro atoms. The highest BCUT2D eigenvalue weighted by molar-refractivity contribution is 5.94. The molecule has 4 amide bonds. The average molecular weight is 848 g/mol.